The van der Waals surface area contributed by atoms with Crippen LogP contribution >= 0.6 is 0 Å². The number of morpholine rings is 1. The van der Waals surface area contributed by atoms with Crippen molar-refractivity contribution in [3.63, 3.8) is 0 Å². The predicted octanol–water partition coefficient (Wildman–Crippen LogP) is 3.60. The molecule has 0 atom stereocenters. The highest BCUT2D eigenvalue weighted by atomic mass is 16.6. The van der Waals surface area contributed by atoms with E-state index in [1.807, 2.05) is 36.9 Å². The molecule has 0 amide bonds. The highest BCUT2D eigenvalue weighted by Crippen LogP contribution is 2.28. The summed E-state index contributed by atoms with van der Waals surface area (Å²) < 4.78 is 16.7. The molecule has 3 aromatic rings. The van der Waals surface area contributed by atoms with Crippen LogP contribution < -0.4 is 25.1 Å². The second-order valence-electron chi connectivity index (χ2n) is 7.75. The van der Waals surface area contributed by atoms with Gasteiger partial charge in [-0.05, 0) is 49.7 Å². The summed E-state index contributed by atoms with van der Waals surface area (Å²) in [6, 6.07) is 11.5. The van der Waals surface area contributed by atoms with Crippen molar-refractivity contribution in [2.24, 2.45) is 5.10 Å². The van der Waals surface area contributed by atoms with E-state index in [0.717, 1.165) is 5.56 Å². The Hall–Kier alpha value is -4.52. The van der Waals surface area contributed by atoms with Gasteiger partial charge in [-0.1, -0.05) is 0 Å². The predicted molar refractivity (Wildman–Crippen MR) is 139 cm³/mol. The molecule has 0 spiro atoms. The first-order valence-corrected chi connectivity index (χ1v) is 11.8. The summed E-state index contributed by atoms with van der Waals surface area (Å²) >= 11 is 0. The van der Waals surface area contributed by atoms with Gasteiger partial charge in [-0.3, -0.25) is 10.1 Å². The number of nitro benzene ring substituents is 1. The number of hydrazone groups is 1. The van der Waals surface area contributed by atoms with Gasteiger partial charge >= 0.3 is 0 Å². The summed E-state index contributed by atoms with van der Waals surface area (Å²) in [5.74, 6) is 2.26. The number of hydrogen-bond donors (Lipinski definition) is 2. The Balaban J connectivity index is 1.54. The van der Waals surface area contributed by atoms with Crippen molar-refractivity contribution in [1.29, 1.82) is 0 Å². The van der Waals surface area contributed by atoms with E-state index in [4.69, 9.17) is 14.2 Å². The van der Waals surface area contributed by atoms with Gasteiger partial charge < -0.3 is 24.4 Å². The van der Waals surface area contributed by atoms with E-state index in [-0.39, 0.29) is 17.6 Å². The molecule has 1 aliphatic heterocycles. The first-order chi connectivity index (χ1) is 18.1. The van der Waals surface area contributed by atoms with Gasteiger partial charge in [0.15, 0.2) is 11.5 Å². The van der Waals surface area contributed by atoms with E-state index in [2.05, 4.69) is 30.8 Å². The molecule has 0 aliphatic carbocycles. The molecule has 37 heavy (non-hydrogen) atoms. The molecule has 1 aliphatic rings. The molecule has 1 fully saturated rings. The van der Waals surface area contributed by atoms with E-state index in [0.29, 0.717) is 62.7 Å². The second-order valence-corrected chi connectivity index (χ2v) is 7.75. The van der Waals surface area contributed by atoms with Gasteiger partial charge in [0, 0.05) is 30.9 Å². The zero-order valence-corrected chi connectivity index (χ0v) is 20.6. The van der Waals surface area contributed by atoms with Crippen molar-refractivity contribution in [1.82, 2.24) is 15.0 Å². The van der Waals surface area contributed by atoms with E-state index in [9.17, 15) is 10.1 Å². The molecule has 194 valence electrons. The summed E-state index contributed by atoms with van der Waals surface area (Å²) in [5, 5.41) is 18.3. The van der Waals surface area contributed by atoms with E-state index in [1.54, 1.807) is 18.3 Å². The van der Waals surface area contributed by atoms with Crippen molar-refractivity contribution >= 4 is 35.4 Å². The number of nitrogens with one attached hydrogen (secondary N) is 2. The third-order valence-electron chi connectivity index (χ3n) is 5.20. The number of nitrogens with zero attached hydrogens (tertiary/aromatic N) is 6. The summed E-state index contributed by atoms with van der Waals surface area (Å²) in [6.45, 7) is 7.28. The Labute approximate surface area is 213 Å². The molecular weight excluding hydrogens is 480 g/mol. The van der Waals surface area contributed by atoms with E-state index in [1.165, 1.54) is 12.1 Å². The molecule has 2 N–H and O–H groups in total. The average Bonchev–Trinajstić information content (AvgIpc) is 2.91. The number of aromatic nitrogens is 3. The van der Waals surface area contributed by atoms with Gasteiger partial charge in [-0.2, -0.15) is 20.1 Å². The van der Waals surface area contributed by atoms with Crippen molar-refractivity contribution in [3.8, 4) is 11.5 Å². The zero-order chi connectivity index (χ0) is 26.0. The Bertz CT molecular complexity index is 1230. The Morgan fingerprint density at radius 3 is 2.43 bits per heavy atom. The number of anilines is 4. The maximum absolute atomic E-state index is 10.9. The molecule has 13 heteroatoms. The molecule has 2 aromatic carbocycles. The quantitative estimate of drug-likeness (QED) is 0.222. The van der Waals surface area contributed by atoms with Gasteiger partial charge in [0.05, 0.1) is 37.6 Å². The molecule has 1 aromatic heterocycles. The van der Waals surface area contributed by atoms with E-state index < -0.39 is 4.92 Å². The molecular formula is C24H28N8O5. The monoisotopic (exact) mass is 508 g/mol. The lowest BCUT2D eigenvalue weighted by atomic mass is 10.2. The molecule has 0 radical (unpaired) electrons. The Kier molecular flexibility index (Phi) is 8.60. The van der Waals surface area contributed by atoms with Gasteiger partial charge in [0.25, 0.3) is 5.69 Å². The maximum Gasteiger partial charge on any atom is 0.269 e. The summed E-state index contributed by atoms with van der Waals surface area (Å²) in [7, 11) is 0. The van der Waals surface area contributed by atoms with Gasteiger partial charge in [0.2, 0.25) is 17.8 Å². The lowest BCUT2D eigenvalue weighted by molar-refractivity contribution is -0.384. The fourth-order valence-corrected chi connectivity index (χ4v) is 3.48. The van der Waals surface area contributed by atoms with Crippen molar-refractivity contribution in [2.45, 2.75) is 13.8 Å². The minimum Gasteiger partial charge on any atom is -0.490 e. The van der Waals surface area contributed by atoms with Crippen LogP contribution in [-0.2, 0) is 4.74 Å². The third-order valence-corrected chi connectivity index (χ3v) is 5.20. The highest BCUT2D eigenvalue weighted by molar-refractivity contribution is 5.81. The maximum atomic E-state index is 10.9. The number of benzene rings is 2. The number of non-ortho nitro benzene ring substituents is 1. The van der Waals surface area contributed by atoms with Gasteiger partial charge in [-0.15, -0.1) is 0 Å². The van der Waals surface area contributed by atoms with Crippen molar-refractivity contribution < 1.29 is 19.1 Å². The molecule has 0 saturated carbocycles. The number of rotatable bonds is 11. The van der Waals surface area contributed by atoms with Crippen LogP contribution in [0.4, 0.5) is 29.2 Å². The fraction of sp³-hybridized carbons (Fsp3) is 0.333. The lowest BCUT2D eigenvalue weighted by Gasteiger charge is -2.27. The fourth-order valence-electron chi connectivity index (χ4n) is 3.48. The standard InChI is InChI=1S/C24H28N8O5/c1-3-36-20-10-5-17(15-21(20)37-4-2)16-25-30-23-27-22(26-18-6-8-19(9-7-18)32(33)34)28-24(29-23)31-11-13-35-14-12-31/h5-10,15-16H,3-4,11-14H2,1-2H3,(H2,26,27,28,29,30)/b25-16+. The molecule has 2 heterocycles. The highest BCUT2D eigenvalue weighted by Gasteiger charge is 2.17. The van der Waals surface area contributed by atoms with Crippen LogP contribution in [0.15, 0.2) is 47.6 Å². The van der Waals surface area contributed by atoms with Crippen LogP contribution in [0.3, 0.4) is 0 Å². The van der Waals surface area contributed by atoms with Crippen LogP contribution in [0.25, 0.3) is 0 Å². The molecule has 13 nitrogen and oxygen atoms in total. The van der Waals surface area contributed by atoms with Crippen molar-refractivity contribution in [3.05, 3.63) is 58.1 Å². The smallest absolute Gasteiger partial charge is 0.269 e. The molecule has 0 bridgehead atoms. The van der Waals surface area contributed by atoms with Crippen LogP contribution in [0.2, 0.25) is 0 Å². The SMILES string of the molecule is CCOc1ccc(/C=N/Nc2nc(Nc3ccc([N+](=O)[O-])cc3)nc(N3CCOCC3)n2)cc1OCC. The van der Waals surface area contributed by atoms with Crippen LogP contribution in [-0.4, -0.2) is 65.6 Å². The largest absolute Gasteiger partial charge is 0.490 e. The third kappa shape index (κ3) is 7.01. The average molecular weight is 509 g/mol. The van der Waals surface area contributed by atoms with Crippen LogP contribution in [0.1, 0.15) is 19.4 Å². The van der Waals surface area contributed by atoms with Crippen LogP contribution in [0.5, 0.6) is 11.5 Å². The summed E-state index contributed by atoms with van der Waals surface area (Å²) in [6.07, 6.45) is 1.62. The Morgan fingerprint density at radius 2 is 1.73 bits per heavy atom. The summed E-state index contributed by atoms with van der Waals surface area (Å²) in [4.78, 5) is 25.9. The zero-order valence-electron chi connectivity index (χ0n) is 20.6. The topological polar surface area (TPSA) is 149 Å². The molecule has 1 saturated heterocycles. The first-order valence-electron chi connectivity index (χ1n) is 11.8. The molecule has 4 rings (SSSR count). The lowest BCUT2D eigenvalue weighted by Crippen LogP contribution is -2.37. The van der Waals surface area contributed by atoms with E-state index >= 15 is 0 Å². The second kappa shape index (κ2) is 12.4. The Morgan fingerprint density at radius 1 is 1.03 bits per heavy atom. The number of nitro groups is 1. The normalized spacial score (nSPS) is 13.4. The minimum atomic E-state index is -0.453. The molecule has 0 unspecified atom stereocenters. The van der Waals surface area contributed by atoms with Gasteiger partial charge in [-0.25, -0.2) is 5.43 Å². The minimum absolute atomic E-state index is 0.00585. The van der Waals surface area contributed by atoms with Gasteiger partial charge in [0.1, 0.15) is 0 Å². The van der Waals surface area contributed by atoms with Crippen molar-refractivity contribution in [2.75, 3.05) is 55.2 Å². The summed E-state index contributed by atoms with van der Waals surface area (Å²) in [5.41, 5.74) is 4.25. The number of hydrogen-bond acceptors (Lipinski definition) is 12. The number of ether oxygens (including phenoxy) is 3. The van der Waals surface area contributed by atoms with Crippen LogP contribution in [0, 0.1) is 10.1 Å². The first kappa shape index (κ1) is 25.6.